The quantitative estimate of drug-likeness (QED) is 0.595. The SMILES string of the molecule is CC[C@@H]1CN(C(=O)c2ccnc(Cl)c2)CC[C@H]1CC(=O)N(C)CC#N. The first kappa shape index (κ1) is 19.2. The van der Waals surface area contributed by atoms with Crippen molar-refractivity contribution in [2.75, 3.05) is 26.7 Å². The van der Waals surface area contributed by atoms with Gasteiger partial charge in [-0.3, -0.25) is 9.59 Å². The summed E-state index contributed by atoms with van der Waals surface area (Å²) in [6.07, 6.45) is 3.65. The lowest BCUT2D eigenvalue weighted by molar-refractivity contribution is -0.131. The Balaban J connectivity index is 2.00. The number of nitrogens with zero attached hydrogens (tertiary/aromatic N) is 4. The van der Waals surface area contributed by atoms with Crippen LogP contribution in [0.1, 0.15) is 36.5 Å². The summed E-state index contributed by atoms with van der Waals surface area (Å²) in [5.74, 6) is 0.456. The van der Waals surface area contributed by atoms with Gasteiger partial charge in [-0.25, -0.2) is 4.98 Å². The van der Waals surface area contributed by atoms with Crippen molar-refractivity contribution in [3.05, 3.63) is 29.0 Å². The molecule has 1 aromatic heterocycles. The zero-order valence-corrected chi connectivity index (χ0v) is 15.4. The molecule has 0 radical (unpaired) electrons. The number of piperidine rings is 1. The molecule has 134 valence electrons. The standard InChI is InChI=1S/C18H23ClN4O2/c1-3-13-12-23(18(25)15-4-7-21-16(19)10-15)8-5-14(13)11-17(24)22(2)9-6-20/h4,7,10,13-14H,3,5,8-9,11-12H2,1-2H3/t13-,14+/m1/s1. The molecule has 2 amide bonds. The van der Waals surface area contributed by atoms with Crippen molar-refractivity contribution < 1.29 is 9.59 Å². The Morgan fingerprint density at radius 2 is 2.24 bits per heavy atom. The lowest BCUT2D eigenvalue weighted by Gasteiger charge is -2.38. The predicted molar refractivity (Wildman–Crippen MR) is 94.9 cm³/mol. The Bertz CT molecular complexity index is 673. The van der Waals surface area contributed by atoms with Crippen molar-refractivity contribution in [1.82, 2.24) is 14.8 Å². The van der Waals surface area contributed by atoms with Gasteiger partial charge < -0.3 is 9.80 Å². The molecule has 1 saturated heterocycles. The minimum atomic E-state index is -0.0471. The third kappa shape index (κ3) is 4.93. The summed E-state index contributed by atoms with van der Waals surface area (Å²) >= 11 is 5.87. The molecular weight excluding hydrogens is 340 g/mol. The van der Waals surface area contributed by atoms with E-state index in [1.807, 2.05) is 11.0 Å². The van der Waals surface area contributed by atoms with Crippen LogP contribution in [0.15, 0.2) is 18.3 Å². The van der Waals surface area contributed by atoms with Crippen molar-refractivity contribution in [2.45, 2.75) is 26.2 Å². The molecule has 1 aromatic rings. The van der Waals surface area contributed by atoms with Crippen molar-refractivity contribution in [2.24, 2.45) is 11.8 Å². The molecule has 0 saturated carbocycles. The van der Waals surface area contributed by atoms with Crippen LogP contribution >= 0.6 is 11.6 Å². The van der Waals surface area contributed by atoms with Gasteiger partial charge in [-0.2, -0.15) is 5.26 Å². The molecular formula is C18H23ClN4O2. The number of halogens is 1. The summed E-state index contributed by atoms with van der Waals surface area (Å²) < 4.78 is 0. The van der Waals surface area contributed by atoms with E-state index in [1.54, 1.807) is 19.2 Å². The molecule has 1 fully saturated rings. The highest BCUT2D eigenvalue weighted by Gasteiger charge is 2.32. The fraction of sp³-hybridized carbons (Fsp3) is 0.556. The molecule has 1 aliphatic rings. The van der Waals surface area contributed by atoms with Crippen LogP contribution in [-0.2, 0) is 4.79 Å². The smallest absolute Gasteiger partial charge is 0.254 e. The van der Waals surface area contributed by atoms with E-state index in [1.165, 1.54) is 11.1 Å². The van der Waals surface area contributed by atoms with E-state index in [0.29, 0.717) is 30.2 Å². The minimum absolute atomic E-state index is 0.00862. The molecule has 0 unspecified atom stereocenters. The number of hydrogen-bond donors (Lipinski definition) is 0. The normalized spacial score (nSPS) is 20.0. The van der Waals surface area contributed by atoms with Gasteiger partial charge in [0.05, 0.1) is 6.07 Å². The van der Waals surface area contributed by atoms with Crippen LogP contribution in [0.3, 0.4) is 0 Å². The van der Waals surface area contributed by atoms with Gasteiger partial charge in [0.15, 0.2) is 0 Å². The van der Waals surface area contributed by atoms with E-state index in [2.05, 4.69) is 11.9 Å². The fourth-order valence-corrected chi connectivity index (χ4v) is 3.46. The van der Waals surface area contributed by atoms with E-state index < -0.39 is 0 Å². The van der Waals surface area contributed by atoms with Crippen LogP contribution in [-0.4, -0.2) is 53.3 Å². The molecule has 25 heavy (non-hydrogen) atoms. The van der Waals surface area contributed by atoms with Crippen molar-refractivity contribution >= 4 is 23.4 Å². The highest BCUT2D eigenvalue weighted by molar-refractivity contribution is 6.29. The number of likely N-dealkylation sites (tertiary alicyclic amines) is 1. The van der Waals surface area contributed by atoms with Gasteiger partial charge >= 0.3 is 0 Å². The molecule has 0 bridgehead atoms. The summed E-state index contributed by atoms with van der Waals surface area (Å²) in [7, 11) is 1.65. The predicted octanol–water partition coefficient (Wildman–Crippen LogP) is 2.60. The number of pyridine rings is 1. The third-order valence-corrected chi connectivity index (χ3v) is 5.05. The number of rotatable bonds is 5. The largest absolute Gasteiger partial charge is 0.338 e. The first-order chi connectivity index (χ1) is 12.0. The topological polar surface area (TPSA) is 77.3 Å². The Labute approximate surface area is 153 Å². The van der Waals surface area contributed by atoms with Crippen LogP contribution in [0.25, 0.3) is 0 Å². The maximum atomic E-state index is 12.7. The summed E-state index contributed by atoms with van der Waals surface area (Å²) in [5, 5.41) is 9.02. The first-order valence-electron chi connectivity index (χ1n) is 8.48. The number of amides is 2. The molecule has 0 aromatic carbocycles. The van der Waals surface area contributed by atoms with Crippen molar-refractivity contribution in [1.29, 1.82) is 5.26 Å². The number of aromatic nitrogens is 1. The van der Waals surface area contributed by atoms with Gasteiger partial charge in [0.25, 0.3) is 5.91 Å². The van der Waals surface area contributed by atoms with Crippen LogP contribution in [0, 0.1) is 23.2 Å². The molecule has 0 N–H and O–H groups in total. The zero-order chi connectivity index (χ0) is 18.4. The fourth-order valence-electron chi connectivity index (χ4n) is 3.29. The number of nitriles is 1. The second-order valence-electron chi connectivity index (χ2n) is 6.45. The number of carbonyl (C=O) groups excluding carboxylic acids is 2. The zero-order valence-electron chi connectivity index (χ0n) is 14.6. The van der Waals surface area contributed by atoms with Gasteiger partial charge in [0.2, 0.25) is 5.91 Å². The number of carbonyl (C=O) groups is 2. The Morgan fingerprint density at radius 3 is 2.88 bits per heavy atom. The Hall–Kier alpha value is -2.13. The van der Waals surface area contributed by atoms with E-state index in [9.17, 15) is 9.59 Å². The molecule has 7 heteroatoms. The second kappa shape index (κ2) is 8.82. The average Bonchev–Trinajstić information content (AvgIpc) is 2.61. The monoisotopic (exact) mass is 362 g/mol. The maximum absolute atomic E-state index is 12.7. The van der Waals surface area contributed by atoms with Gasteiger partial charge in [-0.15, -0.1) is 0 Å². The minimum Gasteiger partial charge on any atom is -0.338 e. The lowest BCUT2D eigenvalue weighted by atomic mass is 9.81. The molecule has 0 spiro atoms. The van der Waals surface area contributed by atoms with Gasteiger partial charge in [-0.05, 0) is 30.4 Å². The number of hydrogen-bond acceptors (Lipinski definition) is 4. The molecule has 0 aliphatic carbocycles. The molecule has 2 rings (SSSR count). The summed E-state index contributed by atoms with van der Waals surface area (Å²) in [6.45, 7) is 3.44. The molecule has 2 heterocycles. The van der Waals surface area contributed by atoms with Gasteiger partial charge in [0, 0.05) is 38.3 Å². The van der Waals surface area contributed by atoms with Gasteiger partial charge in [-0.1, -0.05) is 24.9 Å². The van der Waals surface area contributed by atoms with E-state index >= 15 is 0 Å². The average molecular weight is 363 g/mol. The first-order valence-corrected chi connectivity index (χ1v) is 8.85. The highest BCUT2D eigenvalue weighted by Crippen LogP contribution is 2.30. The third-order valence-electron chi connectivity index (χ3n) is 4.85. The van der Waals surface area contributed by atoms with Crippen LogP contribution < -0.4 is 0 Å². The Kier molecular flexibility index (Phi) is 6.77. The van der Waals surface area contributed by atoms with E-state index in [0.717, 1.165) is 12.8 Å². The van der Waals surface area contributed by atoms with Gasteiger partial charge in [0.1, 0.15) is 11.7 Å². The molecule has 2 atom stereocenters. The second-order valence-corrected chi connectivity index (χ2v) is 6.83. The van der Waals surface area contributed by atoms with E-state index in [-0.39, 0.29) is 30.2 Å². The van der Waals surface area contributed by atoms with E-state index in [4.69, 9.17) is 16.9 Å². The summed E-state index contributed by atoms with van der Waals surface area (Å²) in [5.41, 5.74) is 0.540. The van der Waals surface area contributed by atoms with Crippen molar-refractivity contribution in [3.8, 4) is 6.07 Å². The summed E-state index contributed by atoms with van der Waals surface area (Å²) in [4.78, 5) is 32.1. The lowest BCUT2D eigenvalue weighted by Crippen LogP contribution is -2.45. The van der Waals surface area contributed by atoms with Crippen LogP contribution in [0.2, 0.25) is 5.15 Å². The summed E-state index contributed by atoms with van der Waals surface area (Å²) in [6, 6.07) is 5.24. The highest BCUT2D eigenvalue weighted by atomic mass is 35.5. The molecule has 6 nitrogen and oxygen atoms in total. The van der Waals surface area contributed by atoms with Crippen LogP contribution in [0.4, 0.5) is 0 Å². The Morgan fingerprint density at radius 1 is 1.48 bits per heavy atom. The van der Waals surface area contributed by atoms with Crippen molar-refractivity contribution in [3.63, 3.8) is 0 Å². The maximum Gasteiger partial charge on any atom is 0.254 e. The van der Waals surface area contributed by atoms with Crippen LogP contribution in [0.5, 0.6) is 0 Å². The molecule has 1 aliphatic heterocycles.